The molecule has 0 spiro atoms. The Bertz CT molecular complexity index is 907. The normalized spacial score (nSPS) is 16.7. The van der Waals surface area contributed by atoms with E-state index in [0.717, 1.165) is 24.8 Å². The molecule has 3 rings (SSSR count). The summed E-state index contributed by atoms with van der Waals surface area (Å²) in [5.41, 5.74) is 1.93. The Labute approximate surface area is 160 Å². The van der Waals surface area contributed by atoms with E-state index in [0.29, 0.717) is 24.2 Å². The zero-order valence-corrected chi connectivity index (χ0v) is 16.5. The van der Waals surface area contributed by atoms with Crippen LogP contribution in [0.2, 0.25) is 0 Å². The zero-order chi connectivity index (χ0) is 19.4. The molecule has 0 radical (unpaired) electrons. The summed E-state index contributed by atoms with van der Waals surface area (Å²) in [6.45, 7) is 4.72. The molecule has 1 fully saturated rings. The molecule has 0 bridgehead atoms. The van der Waals surface area contributed by atoms with Gasteiger partial charge in [-0.05, 0) is 62.1 Å². The first-order chi connectivity index (χ1) is 12.9. The van der Waals surface area contributed by atoms with Crippen LogP contribution in [0.4, 0.5) is 0 Å². The molecule has 1 aromatic carbocycles. The Hall–Kier alpha value is -2.25. The van der Waals surface area contributed by atoms with Gasteiger partial charge in [-0.25, -0.2) is 8.42 Å². The van der Waals surface area contributed by atoms with Crippen molar-refractivity contribution in [2.75, 3.05) is 13.1 Å². The number of hydrogen-bond acceptors (Lipinski definition) is 4. The van der Waals surface area contributed by atoms with Crippen molar-refractivity contribution in [2.45, 2.75) is 44.0 Å². The topological polar surface area (TPSA) is 79.4 Å². The molecule has 1 atom stereocenters. The van der Waals surface area contributed by atoms with Crippen LogP contribution in [0.3, 0.4) is 0 Å². The highest BCUT2D eigenvalue weighted by atomic mass is 32.2. The molecule has 1 unspecified atom stereocenters. The number of benzene rings is 1. The zero-order valence-electron chi connectivity index (χ0n) is 15.7. The van der Waals surface area contributed by atoms with E-state index in [1.165, 1.54) is 10.4 Å². The second kappa shape index (κ2) is 8.19. The molecule has 6 nitrogen and oxygen atoms in total. The van der Waals surface area contributed by atoms with E-state index in [1.807, 2.05) is 19.1 Å². The smallest absolute Gasteiger partial charge is 0.251 e. The molecule has 0 saturated carbocycles. The van der Waals surface area contributed by atoms with Crippen LogP contribution in [0.5, 0.6) is 0 Å². The molecule has 1 saturated heterocycles. The van der Waals surface area contributed by atoms with Crippen LogP contribution in [-0.2, 0) is 10.0 Å². The van der Waals surface area contributed by atoms with Crippen LogP contribution in [0, 0.1) is 6.92 Å². The second-order valence-electron chi connectivity index (χ2n) is 6.92. The highest BCUT2D eigenvalue weighted by Crippen LogP contribution is 2.24. The van der Waals surface area contributed by atoms with Crippen LogP contribution < -0.4 is 5.32 Å². The monoisotopic (exact) mass is 387 g/mol. The molecular formula is C20H25N3O3S. The van der Waals surface area contributed by atoms with Crippen molar-refractivity contribution in [2.24, 2.45) is 0 Å². The van der Waals surface area contributed by atoms with Gasteiger partial charge in [-0.15, -0.1) is 0 Å². The van der Waals surface area contributed by atoms with Crippen LogP contribution >= 0.6 is 0 Å². The summed E-state index contributed by atoms with van der Waals surface area (Å²) in [5, 5.41) is 2.91. The molecule has 1 N–H and O–H groups in total. The minimum absolute atomic E-state index is 0.205. The summed E-state index contributed by atoms with van der Waals surface area (Å²) >= 11 is 0. The van der Waals surface area contributed by atoms with E-state index in [2.05, 4.69) is 10.3 Å². The molecule has 2 aromatic rings. The first kappa shape index (κ1) is 19.5. The number of carbonyl (C=O) groups is 1. The first-order valence-corrected chi connectivity index (χ1v) is 10.6. The maximum atomic E-state index is 13.0. The third-order valence-corrected chi connectivity index (χ3v) is 6.98. The van der Waals surface area contributed by atoms with Gasteiger partial charge in [0, 0.05) is 31.0 Å². The van der Waals surface area contributed by atoms with Crippen molar-refractivity contribution < 1.29 is 13.2 Å². The summed E-state index contributed by atoms with van der Waals surface area (Å²) in [6, 6.07) is 8.33. The number of sulfonamides is 1. The lowest BCUT2D eigenvalue weighted by Gasteiger charge is -2.26. The van der Waals surface area contributed by atoms with Gasteiger partial charge in [0.15, 0.2) is 0 Å². The van der Waals surface area contributed by atoms with Crippen molar-refractivity contribution >= 4 is 15.9 Å². The molecule has 1 amide bonds. The van der Waals surface area contributed by atoms with Gasteiger partial charge in [0.05, 0.1) is 10.9 Å². The van der Waals surface area contributed by atoms with Gasteiger partial charge in [-0.2, -0.15) is 4.31 Å². The summed E-state index contributed by atoms with van der Waals surface area (Å²) in [5.74, 6) is -0.297. The fourth-order valence-corrected chi connectivity index (χ4v) is 5.05. The Morgan fingerprint density at radius 3 is 2.44 bits per heavy atom. The lowest BCUT2D eigenvalue weighted by atomic mass is 10.1. The fraction of sp³-hybridized carbons (Fsp3) is 0.400. The number of carbonyl (C=O) groups excluding carboxylic acids is 1. The average molecular weight is 388 g/mol. The number of hydrogen-bond donors (Lipinski definition) is 1. The lowest BCUT2D eigenvalue weighted by Crippen LogP contribution is -2.36. The maximum absolute atomic E-state index is 13.0. The molecule has 27 heavy (non-hydrogen) atoms. The van der Waals surface area contributed by atoms with E-state index < -0.39 is 10.0 Å². The molecule has 2 heterocycles. The van der Waals surface area contributed by atoms with E-state index in [4.69, 9.17) is 0 Å². The van der Waals surface area contributed by atoms with E-state index in [1.54, 1.807) is 31.5 Å². The number of piperidine rings is 1. The van der Waals surface area contributed by atoms with Gasteiger partial charge in [0.2, 0.25) is 10.0 Å². The van der Waals surface area contributed by atoms with Crippen molar-refractivity contribution in [1.82, 2.24) is 14.6 Å². The third kappa shape index (κ3) is 4.36. The Kier molecular flexibility index (Phi) is 5.92. The maximum Gasteiger partial charge on any atom is 0.251 e. The van der Waals surface area contributed by atoms with Gasteiger partial charge in [0.25, 0.3) is 5.91 Å². The summed E-state index contributed by atoms with van der Waals surface area (Å²) < 4.78 is 27.6. The van der Waals surface area contributed by atoms with E-state index in [-0.39, 0.29) is 16.8 Å². The largest absolute Gasteiger partial charge is 0.346 e. The number of pyridine rings is 1. The van der Waals surface area contributed by atoms with Crippen molar-refractivity contribution in [1.29, 1.82) is 0 Å². The minimum Gasteiger partial charge on any atom is -0.346 e. The summed E-state index contributed by atoms with van der Waals surface area (Å²) in [6.07, 6.45) is 6.16. The summed E-state index contributed by atoms with van der Waals surface area (Å²) in [7, 11) is -3.58. The van der Waals surface area contributed by atoms with Gasteiger partial charge in [-0.1, -0.05) is 12.5 Å². The van der Waals surface area contributed by atoms with Crippen molar-refractivity contribution in [3.8, 4) is 0 Å². The number of aryl methyl sites for hydroxylation is 1. The van der Waals surface area contributed by atoms with E-state index >= 15 is 0 Å². The molecule has 144 valence electrons. The third-order valence-electron chi connectivity index (χ3n) is 4.94. The van der Waals surface area contributed by atoms with Crippen molar-refractivity contribution in [3.63, 3.8) is 0 Å². The van der Waals surface area contributed by atoms with Gasteiger partial charge < -0.3 is 5.32 Å². The predicted molar refractivity (Wildman–Crippen MR) is 104 cm³/mol. The minimum atomic E-state index is -3.58. The number of amides is 1. The van der Waals surface area contributed by atoms with Gasteiger partial charge in [-0.3, -0.25) is 9.78 Å². The standard InChI is InChI=1S/C20H25N3O3S/c1-15-6-7-18(20(24)22-16(2)17-8-10-21-11-9-17)14-19(15)27(25,26)23-12-4-3-5-13-23/h6-11,14,16H,3-5,12-13H2,1-2H3,(H,22,24). The predicted octanol–water partition coefficient (Wildman–Crippen LogP) is 3.06. The molecule has 1 aromatic heterocycles. The van der Waals surface area contributed by atoms with Gasteiger partial charge in [0.1, 0.15) is 0 Å². The lowest BCUT2D eigenvalue weighted by molar-refractivity contribution is 0.0939. The molecule has 7 heteroatoms. The van der Waals surface area contributed by atoms with Crippen molar-refractivity contribution in [3.05, 3.63) is 59.4 Å². The highest BCUT2D eigenvalue weighted by molar-refractivity contribution is 7.89. The van der Waals surface area contributed by atoms with Crippen LogP contribution in [0.1, 0.15) is 53.7 Å². The van der Waals surface area contributed by atoms with Crippen LogP contribution in [0.15, 0.2) is 47.6 Å². The van der Waals surface area contributed by atoms with E-state index in [9.17, 15) is 13.2 Å². The average Bonchev–Trinajstić information content (AvgIpc) is 2.69. The fourth-order valence-electron chi connectivity index (χ4n) is 3.28. The van der Waals surface area contributed by atoms with Crippen LogP contribution in [0.25, 0.3) is 0 Å². The SMILES string of the molecule is Cc1ccc(C(=O)NC(C)c2ccncc2)cc1S(=O)(=O)N1CCCCC1. The quantitative estimate of drug-likeness (QED) is 0.855. The Morgan fingerprint density at radius 2 is 1.78 bits per heavy atom. The second-order valence-corrected chi connectivity index (χ2v) is 8.83. The number of rotatable bonds is 5. The Morgan fingerprint density at radius 1 is 1.11 bits per heavy atom. The molecule has 1 aliphatic rings. The number of aromatic nitrogens is 1. The Balaban J connectivity index is 1.83. The van der Waals surface area contributed by atoms with Gasteiger partial charge >= 0.3 is 0 Å². The number of nitrogens with one attached hydrogen (secondary N) is 1. The highest BCUT2D eigenvalue weighted by Gasteiger charge is 2.28. The first-order valence-electron chi connectivity index (χ1n) is 9.21. The number of nitrogens with zero attached hydrogens (tertiary/aromatic N) is 2. The molecule has 1 aliphatic heterocycles. The van der Waals surface area contributed by atoms with Crippen LogP contribution in [-0.4, -0.2) is 36.7 Å². The molecular weight excluding hydrogens is 362 g/mol. The summed E-state index contributed by atoms with van der Waals surface area (Å²) in [4.78, 5) is 16.9. The molecule has 0 aliphatic carbocycles.